The Kier molecular flexibility index (Phi) is 5.40. The molecule has 1 aliphatic carbocycles. The molecule has 0 saturated heterocycles. The molecule has 2 aromatic rings. The summed E-state index contributed by atoms with van der Waals surface area (Å²) in [5, 5.41) is 19.3. The smallest absolute Gasteiger partial charge is 0.307 e. The highest BCUT2D eigenvalue weighted by Gasteiger charge is 2.38. The number of hydrogen-bond acceptors (Lipinski definition) is 3. The molecule has 6 nitrogen and oxygen atoms in total. The SMILES string of the molecule is CC(C)c1ccc([C@@H](NC(=O)[C@@H]2CCC[C@@H]2C(=O)O)c2ccn[nH]2)cc1. The van der Waals surface area contributed by atoms with Crippen LogP contribution in [0.3, 0.4) is 0 Å². The number of benzene rings is 1. The summed E-state index contributed by atoms with van der Waals surface area (Å²) in [5.74, 6) is -1.74. The number of H-pyrrole nitrogens is 1. The van der Waals surface area contributed by atoms with Crippen LogP contribution in [0.15, 0.2) is 36.5 Å². The van der Waals surface area contributed by atoms with Crippen LogP contribution in [-0.4, -0.2) is 27.2 Å². The molecular weight excluding hydrogens is 330 g/mol. The van der Waals surface area contributed by atoms with Crippen molar-refractivity contribution in [3.8, 4) is 0 Å². The second kappa shape index (κ2) is 7.72. The molecule has 1 aromatic heterocycles. The number of carbonyl (C=O) groups is 2. The number of amides is 1. The summed E-state index contributed by atoms with van der Waals surface area (Å²) in [6.07, 6.45) is 3.59. The first kappa shape index (κ1) is 18.2. The standard InChI is InChI=1S/C20H25N3O3/c1-12(2)13-6-8-14(9-7-13)18(17-10-11-21-23-17)22-19(24)15-4-3-5-16(15)20(25)26/h6-12,15-16,18H,3-5H2,1-2H3,(H,21,23)(H,22,24)(H,25,26)/t15-,16+,18-/m1/s1. The topological polar surface area (TPSA) is 95.1 Å². The highest BCUT2D eigenvalue weighted by atomic mass is 16.4. The van der Waals surface area contributed by atoms with Gasteiger partial charge in [-0.05, 0) is 36.0 Å². The lowest BCUT2D eigenvalue weighted by molar-refractivity contribution is -0.146. The van der Waals surface area contributed by atoms with Crippen molar-refractivity contribution in [2.45, 2.75) is 45.1 Å². The molecule has 1 aliphatic rings. The summed E-state index contributed by atoms with van der Waals surface area (Å²) in [6, 6.07) is 9.58. The third-order valence-corrected chi connectivity index (χ3v) is 5.23. The molecule has 0 radical (unpaired) electrons. The number of hydrogen-bond donors (Lipinski definition) is 3. The van der Waals surface area contributed by atoms with E-state index in [0.29, 0.717) is 18.8 Å². The quantitative estimate of drug-likeness (QED) is 0.741. The summed E-state index contributed by atoms with van der Waals surface area (Å²) in [5.41, 5.74) is 2.95. The van der Waals surface area contributed by atoms with Crippen molar-refractivity contribution in [3.63, 3.8) is 0 Å². The van der Waals surface area contributed by atoms with Crippen molar-refractivity contribution < 1.29 is 14.7 Å². The molecule has 0 bridgehead atoms. The Labute approximate surface area is 153 Å². The molecule has 1 saturated carbocycles. The van der Waals surface area contributed by atoms with Gasteiger partial charge in [0.1, 0.15) is 0 Å². The van der Waals surface area contributed by atoms with Crippen LogP contribution < -0.4 is 5.32 Å². The molecule has 3 rings (SSSR count). The Hall–Kier alpha value is -2.63. The average Bonchev–Trinajstić information content (AvgIpc) is 3.31. The van der Waals surface area contributed by atoms with Crippen LogP contribution in [0.5, 0.6) is 0 Å². The molecule has 26 heavy (non-hydrogen) atoms. The number of aromatic nitrogens is 2. The second-order valence-corrected chi connectivity index (χ2v) is 7.26. The van der Waals surface area contributed by atoms with Crippen molar-refractivity contribution in [1.29, 1.82) is 0 Å². The largest absolute Gasteiger partial charge is 0.481 e. The van der Waals surface area contributed by atoms with Gasteiger partial charge in [-0.15, -0.1) is 0 Å². The number of nitrogens with zero attached hydrogens (tertiary/aromatic N) is 1. The molecule has 1 amide bonds. The highest BCUT2D eigenvalue weighted by molar-refractivity contribution is 5.85. The first-order chi connectivity index (χ1) is 12.5. The molecule has 0 aliphatic heterocycles. The maximum absolute atomic E-state index is 12.8. The molecule has 0 spiro atoms. The second-order valence-electron chi connectivity index (χ2n) is 7.26. The van der Waals surface area contributed by atoms with Gasteiger partial charge in [0.05, 0.1) is 23.6 Å². The molecule has 1 heterocycles. The van der Waals surface area contributed by atoms with Gasteiger partial charge in [0.15, 0.2) is 0 Å². The van der Waals surface area contributed by atoms with Gasteiger partial charge in [-0.2, -0.15) is 5.10 Å². The van der Waals surface area contributed by atoms with Crippen molar-refractivity contribution in [1.82, 2.24) is 15.5 Å². The Morgan fingerprint density at radius 3 is 2.35 bits per heavy atom. The summed E-state index contributed by atoms with van der Waals surface area (Å²) < 4.78 is 0. The summed E-state index contributed by atoms with van der Waals surface area (Å²) in [4.78, 5) is 24.2. The Bertz CT molecular complexity index is 753. The predicted molar refractivity (Wildman–Crippen MR) is 97.6 cm³/mol. The van der Waals surface area contributed by atoms with Crippen LogP contribution in [-0.2, 0) is 9.59 Å². The normalized spacial score (nSPS) is 20.9. The van der Waals surface area contributed by atoms with Crippen molar-refractivity contribution >= 4 is 11.9 Å². The van der Waals surface area contributed by atoms with E-state index in [1.54, 1.807) is 6.20 Å². The fourth-order valence-electron chi connectivity index (χ4n) is 3.66. The zero-order chi connectivity index (χ0) is 18.7. The van der Waals surface area contributed by atoms with Gasteiger partial charge in [0.2, 0.25) is 5.91 Å². The van der Waals surface area contributed by atoms with Gasteiger partial charge in [0, 0.05) is 6.20 Å². The number of carboxylic acids is 1. The van der Waals surface area contributed by atoms with E-state index < -0.39 is 17.8 Å². The molecule has 6 heteroatoms. The average molecular weight is 355 g/mol. The number of rotatable bonds is 6. The van der Waals surface area contributed by atoms with E-state index in [9.17, 15) is 14.7 Å². The molecule has 3 N–H and O–H groups in total. The number of aromatic amines is 1. The highest BCUT2D eigenvalue weighted by Crippen LogP contribution is 2.33. The summed E-state index contributed by atoms with van der Waals surface area (Å²) in [6.45, 7) is 4.27. The van der Waals surface area contributed by atoms with E-state index in [2.05, 4.69) is 41.5 Å². The van der Waals surface area contributed by atoms with E-state index in [-0.39, 0.29) is 11.9 Å². The first-order valence-corrected chi connectivity index (χ1v) is 9.09. The van der Waals surface area contributed by atoms with Gasteiger partial charge in [-0.1, -0.05) is 44.5 Å². The number of nitrogens with one attached hydrogen (secondary N) is 2. The van der Waals surface area contributed by atoms with Crippen LogP contribution in [0.25, 0.3) is 0 Å². The number of carbonyl (C=O) groups excluding carboxylic acids is 1. The predicted octanol–water partition coefficient (Wildman–Crippen LogP) is 3.24. The van der Waals surface area contributed by atoms with Crippen LogP contribution in [0, 0.1) is 11.8 Å². The van der Waals surface area contributed by atoms with Gasteiger partial charge >= 0.3 is 5.97 Å². The van der Waals surface area contributed by atoms with Crippen LogP contribution in [0.2, 0.25) is 0 Å². The van der Waals surface area contributed by atoms with Crippen molar-refractivity contribution in [2.24, 2.45) is 11.8 Å². The number of aliphatic carboxylic acids is 1. The third-order valence-electron chi connectivity index (χ3n) is 5.23. The van der Waals surface area contributed by atoms with Crippen molar-refractivity contribution in [3.05, 3.63) is 53.3 Å². The van der Waals surface area contributed by atoms with Crippen LogP contribution >= 0.6 is 0 Å². The lowest BCUT2D eigenvalue weighted by Gasteiger charge is -2.22. The van der Waals surface area contributed by atoms with Crippen LogP contribution in [0.1, 0.15) is 61.9 Å². The minimum absolute atomic E-state index is 0.206. The minimum Gasteiger partial charge on any atom is -0.481 e. The first-order valence-electron chi connectivity index (χ1n) is 9.09. The fourth-order valence-corrected chi connectivity index (χ4v) is 3.66. The van der Waals surface area contributed by atoms with Gasteiger partial charge in [0.25, 0.3) is 0 Å². The molecule has 0 unspecified atom stereocenters. The summed E-state index contributed by atoms with van der Waals surface area (Å²) >= 11 is 0. The third kappa shape index (κ3) is 3.79. The van der Waals surface area contributed by atoms with E-state index in [0.717, 1.165) is 17.7 Å². The molecule has 1 fully saturated rings. The van der Waals surface area contributed by atoms with E-state index in [4.69, 9.17) is 0 Å². The minimum atomic E-state index is -0.887. The van der Waals surface area contributed by atoms with Gasteiger partial charge in [-0.3, -0.25) is 14.7 Å². The molecular formula is C20H25N3O3. The monoisotopic (exact) mass is 355 g/mol. The lowest BCUT2D eigenvalue weighted by atomic mass is 9.93. The van der Waals surface area contributed by atoms with E-state index >= 15 is 0 Å². The molecule has 138 valence electrons. The Balaban J connectivity index is 1.83. The van der Waals surface area contributed by atoms with Gasteiger partial charge in [-0.25, -0.2) is 0 Å². The Morgan fingerprint density at radius 2 is 1.77 bits per heavy atom. The molecule has 3 atom stereocenters. The van der Waals surface area contributed by atoms with E-state index in [1.807, 2.05) is 18.2 Å². The fraction of sp³-hybridized carbons (Fsp3) is 0.450. The zero-order valence-electron chi connectivity index (χ0n) is 15.1. The lowest BCUT2D eigenvalue weighted by Crippen LogP contribution is -2.38. The van der Waals surface area contributed by atoms with Crippen LogP contribution in [0.4, 0.5) is 0 Å². The van der Waals surface area contributed by atoms with Crippen molar-refractivity contribution in [2.75, 3.05) is 0 Å². The molecule has 1 aromatic carbocycles. The van der Waals surface area contributed by atoms with E-state index in [1.165, 1.54) is 5.56 Å². The summed E-state index contributed by atoms with van der Waals surface area (Å²) in [7, 11) is 0. The maximum atomic E-state index is 12.8. The zero-order valence-corrected chi connectivity index (χ0v) is 15.1. The Morgan fingerprint density at radius 1 is 1.12 bits per heavy atom. The number of carboxylic acid groups (broad SMARTS) is 1. The maximum Gasteiger partial charge on any atom is 0.307 e. The van der Waals surface area contributed by atoms with Gasteiger partial charge < -0.3 is 10.4 Å².